The first-order valence-corrected chi connectivity index (χ1v) is 21.8. The zero-order valence-corrected chi connectivity index (χ0v) is 35.1. The number of piperidine rings is 3. The van der Waals surface area contributed by atoms with E-state index in [1.165, 1.54) is 6.07 Å². The highest BCUT2D eigenvalue weighted by molar-refractivity contribution is 6.10. The van der Waals surface area contributed by atoms with Crippen LogP contribution in [0.1, 0.15) is 59.4 Å². The van der Waals surface area contributed by atoms with Crippen molar-refractivity contribution in [3.05, 3.63) is 71.8 Å². The summed E-state index contributed by atoms with van der Waals surface area (Å²) in [6, 6.07) is 14.4. The molecule has 0 radical (unpaired) electrons. The van der Waals surface area contributed by atoms with E-state index in [1.54, 1.807) is 17.2 Å². The van der Waals surface area contributed by atoms with Gasteiger partial charge in [0, 0.05) is 102 Å². The number of likely N-dealkylation sites (N-methyl/N-ethyl adjacent to an activating group) is 1. The van der Waals surface area contributed by atoms with Crippen molar-refractivity contribution in [2.75, 3.05) is 93.7 Å². The molecule has 5 N–H and O–H groups in total. The average Bonchev–Trinajstić information content (AvgIpc) is 3.87. The second-order valence-corrected chi connectivity index (χ2v) is 17.4. The van der Waals surface area contributed by atoms with E-state index in [1.807, 2.05) is 29.0 Å². The van der Waals surface area contributed by atoms with Gasteiger partial charge in [-0.05, 0) is 80.0 Å². The molecule has 2 atom stereocenters. The van der Waals surface area contributed by atoms with Gasteiger partial charge in [-0.2, -0.15) is 0 Å². The summed E-state index contributed by atoms with van der Waals surface area (Å²) in [4.78, 5) is 82.1. The van der Waals surface area contributed by atoms with Crippen LogP contribution in [0.25, 0.3) is 22.2 Å². The summed E-state index contributed by atoms with van der Waals surface area (Å²) in [6.07, 6.45) is 6.06. The topological polar surface area (TPSA) is 184 Å². The number of pyridine rings is 1. The molecule has 2 aromatic carbocycles. The van der Waals surface area contributed by atoms with Crippen molar-refractivity contribution in [1.82, 2.24) is 35.3 Å². The Bertz CT molecular complexity index is 2360. The van der Waals surface area contributed by atoms with Crippen molar-refractivity contribution in [2.45, 2.75) is 50.6 Å². The normalized spacial score (nSPS) is 21.8. The molecule has 0 unspecified atom stereocenters. The van der Waals surface area contributed by atoms with Crippen LogP contribution in [0.3, 0.4) is 0 Å². The molecule has 5 aliphatic rings. The van der Waals surface area contributed by atoms with E-state index >= 15 is 4.39 Å². The molecule has 4 aromatic rings. The SMILES string of the molecule is CN1CCN([C@@H]2CCCN(c3c(F)cc(C(N)=O)c4[nH]c(-c5ccc(N6CCC(CN7CCN(c8ccc(C(=O)N[C@H]9CCC(=O)NC9=O)nc8)CC7)CC6)cc5)cc34)C2)C1=O. The number of aromatic nitrogens is 2. The highest BCUT2D eigenvalue weighted by Crippen LogP contribution is 2.38. The molecule has 326 valence electrons. The molecule has 0 saturated carbocycles. The number of nitrogens with one attached hydrogen (secondary N) is 3. The average molecular weight is 848 g/mol. The second kappa shape index (κ2) is 17.3. The molecule has 17 heteroatoms. The van der Waals surface area contributed by atoms with Crippen molar-refractivity contribution >= 4 is 57.6 Å². The molecule has 0 bridgehead atoms. The van der Waals surface area contributed by atoms with E-state index in [0.717, 1.165) is 94.1 Å². The van der Waals surface area contributed by atoms with Crippen molar-refractivity contribution in [3.63, 3.8) is 0 Å². The number of primary amides is 1. The van der Waals surface area contributed by atoms with Crippen LogP contribution in [0, 0.1) is 11.7 Å². The first-order chi connectivity index (χ1) is 30.0. The third-order valence-corrected chi connectivity index (χ3v) is 13.4. The lowest BCUT2D eigenvalue weighted by atomic mass is 9.95. The molecule has 9 rings (SSSR count). The number of fused-ring (bicyclic) bond motifs is 1. The van der Waals surface area contributed by atoms with E-state index in [-0.39, 0.29) is 42.1 Å². The van der Waals surface area contributed by atoms with Gasteiger partial charge in [0.15, 0.2) is 0 Å². The Morgan fingerprint density at radius 3 is 2.27 bits per heavy atom. The molecule has 0 spiro atoms. The number of piperazine rings is 1. The van der Waals surface area contributed by atoms with Crippen LogP contribution in [0.4, 0.5) is 26.2 Å². The Labute approximate surface area is 359 Å². The zero-order chi connectivity index (χ0) is 43.1. The molecule has 7 heterocycles. The lowest BCUT2D eigenvalue weighted by Crippen LogP contribution is -2.52. The fourth-order valence-electron chi connectivity index (χ4n) is 9.89. The van der Waals surface area contributed by atoms with Crippen molar-refractivity contribution in [1.29, 1.82) is 0 Å². The minimum atomic E-state index is -0.741. The van der Waals surface area contributed by atoms with Gasteiger partial charge in [0.25, 0.3) is 11.8 Å². The molecular formula is C45H54FN11O5. The lowest BCUT2D eigenvalue weighted by molar-refractivity contribution is -0.134. The summed E-state index contributed by atoms with van der Waals surface area (Å²) in [5, 5.41) is 5.54. The lowest BCUT2D eigenvalue weighted by Gasteiger charge is -2.40. The molecular weight excluding hydrogens is 794 g/mol. The quantitative estimate of drug-likeness (QED) is 0.173. The second-order valence-electron chi connectivity index (χ2n) is 17.4. The van der Waals surface area contributed by atoms with Gasteiger partial charge in [-0.1, -0.05) is 12.1 Å². The minimum Gasteiger partial charge on any atom is -0.372 e. The Morgan fingerprint density at radius 1 is 0.855 bits per heavy atom. The third-order valence-electron chi connectivity index (χ3n) is 13.4. The monoisotopic (exact) mass is 847 g/mol. The van der Waals surface area contributed by atoms with Crippen LogP contribution < -0.4 is 31.1 Å². The highest BCUT2D eigenvalue weighted by atomic mass is 19.1. The maximum Gasteiger partial charge on any atom is 0.320 e. The fourth-order valence-corrected chi connectivity index (χ4v) is 9.89. The number of hydrogen-bond acceptors (Lipinski definition) is 10. The predicted molar refractivity (Wildman–Crippen MR) is 234 cm³/mol. The number of amides is 6. The Morgan fingerprint density at radius 2 is 1.60 bits per heavy atom. The number of benzene rings is 2. The number of urea groups is 1. The number of halogens is 1. The number of aromatic amines is 1. The summed E-state index contributed by atoms with van der Waals surface area (Å²) in [5.74, 6) is -1.84. The standard InChI is InChI=1S/C45H54FN11O5/c1-52-17-22-57(45(52)62)32-3-2-14-56(27-32)41-33-24-38(49-40(33)34(42(47)59)23-35(41)46)29-4-6-30(7-5-29)54-15-12-28(13-16-54)26-53-18-20-55(21-19-53)31-8-9-36(48-25-31)43(60)50-37-10-11-39(58)51-44(37)61/h4-9,23-25,28,32,37,49H,2-3,10-22,26-27H2,1H3,(H2,47,59)(H,50,60)(H,51,58,61)/t32-,37+/m1/s1. The number of nitrogens with two attached hydrogens (primary N) is 1. The smallest absolute Gasteiger partial charge is 0.320 e. The molecule has 5 saturated heterocycles. The largest absolute Gasteiger partial charge is 0.372 e. The number of imide groups is 1. The van der Waals surface area contributed by atoms with Gasteiger partial charge in [0.05, 0.1) is 34.7 Å². The summed E-state index contributed by atoms with van der Waals surface area (Å²) < 4.78 is 16.0. The van der Waals surface area contributed by atoms with Gasteiger partial charge >= 0.3 is 6.03 Å². The highest BCUT2D eigenvalue weighted by Gasteiger charge is 2.36. The Hall–Kier alpha value is -6.23. The van der Waals surface area contributed by atoms with Gasteiger partial charge in [-0.15, -0.1) is 0 Å². The van der Waals surface area contributed by atoms with Crippen LogP contribution in [-0.2, 0) is 9.59 Å². The van der Waals surface area contributed by atoms with Gasteiger partial charge < -0.3 is 40.5 Å². The first-order valence-electron chi connectivity index (χ1n) is 21.8. The predicted octanol–water partition coefficient (Wildman–Crippen LogP) is 3.38. The number of nitrogens with zero attached hydrogens (tertiary/aromatic N) is 7. The molecule has 16 nitrogen and oxygen atoms in total. The number of carbonyl (C=O) groups excluding carboxylic acids is 5. The van der Waals surface area contributed by atoms with Crippen LogP contribution >= 0.6 is 0 Å². The number of hydrogen-bond donors (Lipinski definition) is 4. The van der Waals surface area contributed by atoms with Crippen molar-refractivity contribution in [3.8, 4) is 11.3 Å². The summed E-state index contributed by atoms with van der Waals surface area (Å²) in [7, 11) is 1.81. The number of H-pyrrole nitrogens is 1. The van der Waals surface area contributed by atoms with E-state index in [9.17, 15) is 24.0 Å². The maximum absolute atomic E-state index is 16.0. The van der Waals surface area contributed by atoms with Crippen LogP contribution in [0.2, 0.25) is 0 Å². The van der Waals surface area contributed by atoms with Crippen LogP contribution in [0.15, 0.2) is 54.7 Å². The fraction of sp³-hybridized carbons (Fsp3) is 0.467. The summed E-state index contributed by atoms with van der Waals surface area (Å²) in [5.41, 5.74) is 10.8. The van der Waals surface area contributed by atoms with E-state index in [2.05, 4.69) is 59.6 Å². The Balaban J connectivity index is 0.780. The van der Waals surface area contributed by atoms with E-state index in [4.69, 9.17) is 5.73 Å². The van der Waals surface area contributed by atoms with Crippen LogP contribution in [-0.4, -0.2) is 145 Å². The van der Waals surface area contributed by atoms with Gasteiger partial charge in [0.1, 0.15) is 17.6 Å². The Kier molecular flexibility index (Phi) is 11.5. The van der Waals surface area contributed by atoms with Crippen molar-refractivity contribution in [2.24, 2.45) is 11.7 Å². The van der Waals surface area contributed by atoms with Crippen molar-refractivity contribution < 1.29 is 28.4 Å². The number of carbonyl (C=O) groups is 5. The molecule has 0 aliphatic carbocycles. The molecule has 6 amide bonds. The minimum absolute atomic E-state index is 0.00982. The first kappa shape index (κ1) is 41.1. The van der Waals surface area contributed by atoms with Gasteiger partial charge in [-0.3, -0.25) is 29.4 Å². The molecule has 5 aliphatic heterocycles. The summed E-state index contributed by atoms with van der Waals surface area (Å²) in [6.45, 7) is 9.10. The zero-order valence-electron chi connectivity index (χ0n) is 35.1. The molecule has 2 aromatic heterocycles. The van der Waals surface area contributed by atoms with Gasteiger partial charge in [-0.25, -0.2) is 14.2 Å². The summed E-state index contributed by atoms with van der Waals surface area (Å²) >= 11 is 0. The number of anilines is 3. The van der Waals surface area contributed by atoms with Gasteiger partial charge in [0.2, 0.25) is 11.8 Å². The molecule has 62 heavy (non-hydrogen) atoms. The van der Waals surface area contributed by atoms with E-state index < -0.39 is 29.6 Å². The van der Waals surface area contributed by atoms with Crippen LogP contribution in [0.5, 0.6) is 0 Å². The van der Waals surface area contributed by atoms with E-state index in [0.29, 0.717) is 48.7 Å². The number of rotatable bonds is 10. The maximum atomic E-state index is 16.0. The third kappa shape index (κ3) is 8.37. The molecule has 5 fully saturated rings.